The highest BCUT2D eigenvalue weighted by atomic mass is 28.4. The second kappa shape index (κ2) is 5.10. The number of rotatable bonds is 5. The van der Waals surface area contributed by atoms with Gasteiger partial charge in [-0.15, -0.1) is 0 Å². The third-order valence-corrected chi connectivity index (χ3v) is 7.62. The third-order valence-electron chi connectivity index (χ3n) is 3.01. The van der Waals surface area contributed by atoms with Crippen molar-refractivity contribution in [2.24, 2.45) is 0 Å². The molecule has 0 amide bonds. The van der Waals surface area contributed by atoms with Gasteiger partial charge in [-0.25, -0.2) is 4.79 Å². The predicted octanol–water partition coefficient (Wildman–Crippen LogP) is 2.44. The highest BCUT2D eigenvalue weighted by Gasteiger charge is 2.38. The number of ketones is 1. The molecule has 1 atom stereocenters. The van der Waals surface area contributed by atoms with Gasteiger partial charge in [0.1, 0.15) is 0 Å². The molecule has 5 heteroatoms. The Bertz CT molecular complexity index is 278. The van der Waals surface area contributed by atoms with Crippen molar-refractivity contribution < 1.29 is 19.1 Å². The van der Waals surface area contributed by atoms with Crippen molar-refractivity contribution in [3.63, 3.8) is 0 Å². The highest BCUT2D eigenvalue weighted by Crippen LogP contribution is 2.37. The average Bonchev–Trinajstić information content (AvgIpc) is 1.99. The molecule has 0 bridgehead atoms. The van der Waals surface area contributed by atoms with Crippen LogP contribution in [0.15, 0.2) is 0 Å². The van der Waals surface area contributed by atoms with E-state index >= 15 is 0 Å². The summed E-state index contributed by atoms with van der Waals surface area (Å²) in [6, 6.07) is 0. The van der Waals surface area contributed by atoms with Gasteiger partial charge in [-0.1, -0.05) is 20.8 Å². The zero-order valence-electron chi connectivity index (χ0n) is 11.0. The van der Waals surface area contributed by atoms with Crippen LogP contribution in [0.3, 0.4) is 0 Å². The molecule has 0 aliphatic rings. The molecule has 0 aliphatic heterocycles. The summed E-state index contributed by atoms with van der Waals surface area (Å²) in [5, 5.41) is 8.56. The van der Waals surface area contributed by atoms with Gasteiger partial charge in [0.2, 0.25) is 5.78 Å². The summed E-state index contributed by atoms with van der Waals surface area (Å²) < 4.78 is 5.88. The fraction of sp³-hybridized carbons (Fsp3) is 0.818. The number of aliphatic carboxylic acids is 1. The van der Waals surface area contributed by atoms with Crippen molar-refractivity contribution in [2.75, 3.05) is 0 Å². The number of carbonyl (C=O) groups is 2. The van der Waals surface area contributed by atoms with Crippen LogP contribution in [0.1, 0.15) is 34.1 Å². The van der Waals surface area contributed by atoms with E-state index in [0.29, 0.717) is 0 Å². The number of carboxylic acid groups (broad SMARTS) is 1. The minimum absolute atomic E-state index is 0.0537. The van der Waals surface area contributed by atoms with Crippen LogP contribution in [-0.4, -0.2) is 31.3 Å². The first-order valence-corrected chi connectivity index (χ1v) is 8.32. The van der Waals surface area contributed by atoms with Crippen molar-refractivity contribution in [3.8, 4) is 0 Å². The summed E-state index contributed by atoms with van der Waals surface area (Å²) in [6.07, 6.45) is -0.383. The smallest absolute Gasteiger partial charge is 0.372 e. The van der Waals surface area contributed by atoms with Gasteiger partial charge in [0.05, 0.1) is 0 Å². The number of hydrogen-bond acceptors (Lipinski definition) is 3. The second-order valence-electron chi connectivity index (χ2n) is 5.62. The molecule has 16 heavy (non-hydrogen) atoms. The van der Waals surface area contributed by atoms with Crippen LogP contribution in [0.25, 0.3) is 0 Å². The van der Waals surface area contributed by atoms with Crippen LogP contribution in [0.2, 0.25) is 18.1 Å². The fourth-order valence-electron chi connectivity index (χ4n) is 1.07. The highest BCUT2D eigenvalue weighted by molar-refractivity contribution is 6.74. The van der Waals surface area contributed by atoms with Crippen molar-refractivity contribution >= 4 is 20.1 Å². The summed E-state index contributed by atoms with van der Waals surface area (Å²) in [7, 11) is -1.91. The zero-order chi connectivity index (χ0) is 13.1. The van der Waals surface area contributed by atoms with Gasteiger partial charge in [0, 0.05) is 12.5 Å². The third kappa shape index (κ3) is 4.45. The molecular formula is C11H22O4Si. The summed E-state index contributed by atoms with van der Waals surface area (Å²) in [4.78, 5) is 21.4. The van der Waals surface area contributed by atoms with Crippen LogP contribution in [0, 0.1) is 0 Å². The lowest BCUT2D eigenvalue weighted by atomic mass is 10.2. The molecule has 0 aromatic rings. The van der Waals surface area contributed by atoms with Crippen molar-refractivity contribution in [1.29, 1.82) is 0 Å². The average molecular weight is 246 g/mol. The molecular weight excluding hydrogens is 224 g/mol. The normalized spacial score (nSPS) is 14.6. The monoisotopic (exact) mass is 246 g/mol. The number of Topliss-reactive ketones (excluding diaryl/α,β-unsaturated/α-hetero) is 1. The van der Waals surface area contributed by atoms with Gasteiger partial charge < -0.3 is 9.53 Å². The van der Waals surface area contributed by atoms with E-state index in [1.165, 1.54) is 0 Å². The van der Waals surface area contributed by atoms with Gasteiger partial charge in [0.25, 0.3) is 0 Å². The molecule has 0 radical (unpaired) electrons. The molecule has 0 fully saturated rings. The summed E-state index contributed by atoms with van der Waals surface area (Å²) in [6.45, 7) is 12.2. The number of carbonyl (C=O) groups excluding carboxylic acids is 1. The first kappa shape index (κ1) is 15.3. The van der Waals surface area contributed by atoms with E-state index in [9.17, 15) is 9.59 Å². The Kier molecular flexibility index (Phi) is 4.88. The largest absolute Gasteiger partial charge is 0.475 e. The van der Waals surface area contributed by atoms with E-state index in [-0.39, 0.29) is 17.6 Å². The molecule has 0 aromatic carbocycles. The molecule has 94 valence electrons. The Morgan fingerprint density at radius 1 is 1.31 bits per heavy atom. The molecule has 0 aliphatic carbocycles. The molecule has 1 unspecified atom stereocenters. The van der Waals surface area contributed by atoms with Crippen LogP contribution in [0.4, 0.5) is 0 Å². The summed E-state index contributed by atoms with van der Waals surface area (Å²) >= 11 is 0. The van der Waals surface area contributed by atoms with Gasteiger partial charge in [-0.05, 0) is 25.1 Å². The maximum absolute atomic E-state index is 11.0. The topological polar surface area (TPSA) is 63.6 Å². The van der Waals surface area contributed by atoms with E-state index in [2.05, 4.69) is 33.9 Å². The molecule has 0 heterocycles. The Hall–Kier alpha value is -0.683. The van der Waals surface area contributed by atoms with Crippen molar-refractivity contribution in [3.05, 3.63) is 0 Å². The van der Waals surface area contributed by atoms with Gasteiger partial charge in [0.15, 0.2) is 8.32 Å². The lowest BCUT2D eigenvalue weighted by Crippen LogP contribution is -2.43. The van der Waals surface area contributed by atoms with Crippen LogP contribution < -0.4 is 0 Å². The molecule has 0 spiro atoms. The maximum atomic E-state index is 11.0. The number of hydrogen-bond donors (Lipinski definition) is 1. The first-order valence-electron chi connectivity index (χ1n) is 5.41. The standard InChI is InChI=1S/C11H22O4Si/c1-8(7-9(12)10(13)14)15-16(5,6)11(2,3)4/h8H,7H2,1-6H3,(H,13,14). The van der Waals surface area contributed by atoms with Crippen LogP contribution >= 0.6 is 0 Å². The number of carboxylic acids is 1. The molecule has 0 aromatic heterocycles. The summed E-state index contributed by atoms with van der Waals surface area (Å²) in [5.41, 5.74) is 0. The quantitative estimate of drug-likeness (QED) is 0.598. The summed E-state index contributed by atoms with van der Waals surface area (Å²) in [5.74, 6) is -2.17. The Balaban J connectivity index is 4.41. The van der Waals surface area contributed by atoms with Crippen LogP contribution in [-0.2, 0) is 14.0 Å². The van der Waals surface area contributed by atoms with E-state index < -0.39 is 20.1 Å². The second-order valence-corrected chi connectivity index (χ2v) is 10.4. The molecule has 0 saturated heterocycles. The predicted molar refractivity (Wildman–Crippen MR) is 65.0 cm³/mol. The van der Waals surface area contributed by atoms with Gasteiger partial charge >= 0.3 is 5.97 Å². The van der Waals surface area contributed by atoms with Gasteiger partial charge in [-0.2, -0.15) is 0 Å². The van der Waals surface area contributed by atoms with Crippen molar-refractivity contribution in [1.82, 2.24) is 0 Å². The minimum atomic E-state index is -1.91. The van der Waals surface area contributed by atoms with Crippen LogP contribution in [0.5, 0.6) is 0 Å². The fourth-order valence-corrected chi connectivity index (χ4v) is 2.51. The van der Waals surface area contributed by atoms with Gasteiger partial charge in [-0.3, -0.25) is 4.79 Å². The zero-order valence-corrected chi connectivity index (χ0v) is 12.0. The molecule has 0 saturated carbocycles. The molecule has 1 N–H and O–H groups in total. The molecule has 4 nitrogen and oxygen atoms in total. The lowest BCUT2D eigenvalue weighted by molar-refractivity contribution is -0.149. The van der Waals surface area contributed by atoms with E-state index in [1.807, 2.05) is 0 Å². The maximum Gasteiger partial charge on any atom is 0.372 e. The van der Waals surface area contributed by atoms with Crippen molar-refractivity contribution in [2.45, 2.75) is 58.4 Å². The minimum Gasteiger partial charge on any atom is -0.475 e. The molecule has 0 rings (SSSR count). The first-order chi connectivity index (χ1) is 6.97. The van der Waals surface area contributed by atoms with E-state index in [0.717, 1.165) is 0 Å². The Morgan fingerprint density at radius 3 is 2.06 bits per heavy atom. The lowest BCUT2D eigenvalue weighted by Gasteiger charge is -2.38. The van der Waals surface area contributed by atoms with E-state index in [1.54, 1.807) is 6.92 Å². The Labute approximate surface area is 98.1 Å². The SMILES string of the molecule is CC(CC(=O)C(=O)O)O[Si](C)(C)C(C)(C)C. The Morgan fingerprint density at radius 2 is 1.75 bits per heavy atom. The van der Waals surface area contributed by atoms with E-state index in [4.69, 9.17) is 9.53 Å².